The van der Waals surface area contributed by atoms with E-state index in [0.29, 0.717) is 22.9 Å². The normalized spacial score (nSPS) is 11.1. The number of halogens is 1. The Balaban J connectivity index is 1.82. The summed E-state index contributed by atoms with van der Waals surface area (Å²) < 4.78 is 0. The second-order valence-electron chi connectivity index (χ2n) is 5.61. The molecule has 1 aromatic carbocycles. The zero-order valence-electron chi connectivity index (χ0n) is 13.0. The fraction of sp³-hybridized carbons (Fsp3) is 0.0556. The third kappa shape index (κ3) is 2.88. The predicted molar refractivity (Wildman–Crippen MR) is 97.1 cm³/mol. The summed E-state index contributed by atoms with van der Waals surface area (Å²) in [5.41, 5.74) is 2.49. The SMILES string of the molecule is O=C(O)c1cc2c([nH]1)c(NCc1cccc(Cl)c1)nc1ccncc12. The van der Waals surface area contributed by atoms with Gasteiger partial charge in [-0.25, -0.2) is 9.78 Å². The number of carboxylic acids is 1. The van der Waals surface area contributed by atoms with Crippen LogP contribution in [0.2, 0.25) is 5.02 Å². The first-order valence-electron chi connectivity index (χ1n) is 7.60. The molecular weight excluding hydrogens is 340 g/mol. The monoisotopic (exact) mass is 352 g/mol. The average molecular weight is 353 g/mol. The number of anilines is 1. The number of carboxylic acid groups (broad SMARTS) is 1. The number of nitrogens with zero attached hydrogens (tertiary/aromatic N) is 2. The lowest BCUT2D eigenvalue weighted by atomic mass is 10.1. The number of hydrogen-bond acceptors (Lipinski definition) is 4. The lowest BCUT2D eigenvalue weighted by Crippen LogP contribution is -2.03. The highest BCUT2D eigenvalue weighted by Crippen LogP contribution is 2.29. The van der Waals surface area contributed by atoms with Gasteiger partial charge in [-0.15, -0.1) is 0 Å². The first-order chi connectivity index (χ1) is 12.1. The topological polar surface area (TPSA) is 90.9 Å². The minimum absolute atomic E-state index is 0.110. The maximum atomic E-state index is 11.3. The molecule has 3 N–H and O–H groups in total. The van der Waals surface area contributed by atoms with Crippen LogP contribution in [0.3, 0.4) is 0 Å². The van der Waals surface area contributed by atoms with Gasteiger partial charge in [0.2, 0.25) is 0 Å². The molecule has 0 spiro atoms. The van der Waals surface area contributed by atoms with E-state index in [1.165, 1.54) is 0 Å². The molecule has 0 aliphatic rings. The molecule has 0 amide bonds. The number of aromatic amines is 1. The van der Waals surface area contributed by atoms with Crippen LogP contribution in [0.1, 0.15) is 16.1 Å². The smallest absolute Gasteiger partial charge is 0.352 e. The Morgan fingerprint density at radius 2 is 2.12 bits per heavy atom. The molecule has 3 aromatic heterocycles. The van der Waals surface area contributed by atoms with Crippen LogP contribution in [0.15, 0.2) is 48.8 Å². The summed E-state index contributed by atoms with van der Waals surface area (Å²) in [6.07, 6.45) is 3.34. The second-order valence-corrected chi connectivity index (χ2v) is 6.05. The van der Waals surface area contributed by atoms with Crippen LogP contribution >= 0.6 is 11.6 Å². The molecular formula is C18H13ClN4O2. The van der Waals surface area contributed by atoms with Gasteiger partial charge in [-0.1, -0.05) is 23.7 Å². The number of rotatable bonds is 4. The summed E-state index contributed by atoms with van der Waals surface area (Å²) >= 11 is 6.02. The molecule has 124 valence electrons. The van der Waals surface area contributed by atoms with Gasteiger partial charge in [-0.05, 0) is 29.8 Å². The van der Waals surface area contributed by atoms with E-state index in [4.69, 9.17) is 11.6 Å². The summed E-state index contributed by atoms with van der Waals surface area (Å²) in [7, 11) is 0. The molecule has 4 aromatic rings. The van der Waals surface area contributed by atoms with E-state index < -0.39 is 5.97 Å². The molecule has 0 fully saturated rings. The Bertz CT molecular complexity index is 1110. The highest BCUT2D eigenvalue weighted by Gasteiger charge is 2.15. The van der Waals surface area contributed by atoms with E-state index in [9.17, 15) is 9.90 Å². The molecule has 0 aliphatic carbocycles. The van der Waals surface area contributed by atoms with E-state index in [1.54, 1.807) is 24.5 Å². The van der Waals surface area contributed by atoms with Crippen LogP contribution in [0, 0.1) is 0 Å². The molecule has 4 rings (SSSR count). The Hall–Kier alpha value is -3.12. The van der Waals surface area contributed by atoms with Crippen molar-refractivity contribution < 1.29 is 9.90 Å². The van der Waals surface area contributed by atoms with E-state index in [0.717, 1.165) is 21.9 Å². The lowest BCUT2D eigenvalue weighted by Gasteiger charge is -2.09. The highest BCUT2D eigenvalue weighted by molar-refractivity contribution is 6.30. The van der Waals surface area contributed by atoms with Gasteiger partial charge in [0.25, 0.3) is 0 Å². The summed E-state index contributed by atoms with van der Waals surface area (Å²) in [6.45, 7) is 0.515. The van der Waals surface area contributed by atoms with Gasteiger partial charge < -0.3 is 15.4 Å². The average Bonchev–Trinajstić information content (AvgIpc) is 3.06. The van der Waals surface area contributed by atoms with Gasteiger partial charge in [0, 0.05) is 34.7 Å². The number of hydrogen-bond donors (Lipinski definition) is 3. The van der Waals surface area contributed by atoms with Gasteiger partial charge in [0.1, 0.15) is 5.69 Å². The van der Waals surface area contributed by atoms with Crippen molar-refractivity contribution in [1.82, 2.24) is 15.0 Å². The molecule has 0 unspecified atom stereocenters. The van der Waals surface area contributed by atoms with Crippen molar-refractivity contribution in [1.29, 1.82) is 0 Å². The summed E-state index contributed by atoms with van der Waals surface area (Å²) in [5.74, 6) is -0.435. The van der Waals surface area contributed by atoms with Crippen molar-refractivity contribution in [3.05, 3.63) is 65.1 Å². The van der Waals surface area contributed by atoms with Crippen molar-refractivity contribution in [2.75, 3.05) is 5.32 Å². The molecule has 0 saturated heterocycles. The quantitative estimate of drug-likeness (QED) is 0.515. The maximum Gasteiger partial charge on any atom is 0.352 e. The molecule has 6 nitrogen and oxygen atoms in total. The fourth-order valence-electron chi connectivity index (χ4n) is 2.80. The first-order valence-corrected chi connectivity index (χ1v) is 7.97. The number of H-pyrrole nitrogens is 1. The molecule has 0 radical (unpaired) electrons. The molecule has 0 bridgehead atoms. The van der Waals surface area contributed by atoms with Gasteiger partial charge in [-0.3, -0.25) is 4.98 Å². The summed E-state index contributed by atoms with van der Waals surface area (Å²) in [5, 5.41) is 14.8. The van der Waals surface area contributed by atoms with Crippen molar-refractivity contribution in [3.8, 4) is 0 Å². The number of pyridine rings is 2. The lowest BCUT2D eigenvalue weighted by molar-refractivity contribution is 0.0691. The third-order valence-corrected chi connectivity index (χ3v) is 4.19. The van der Waals surface area contributed by atoms with Crippen LogP contribution in [-0.2, 0) is 6.54 Å². The van der Waals surface area contributed by atoms with Crippen molar-refractivity contribution >= 4 is 45.2 Å². The molecule has 0 atom stereocenters. The van der Waals surface area contributed by atoms with Gasteiger partial charge >= 0.3 is 5.97 Å². The number of fused-ring (bicyclic) bond motifs is 3. The summed E-state index contributed by atoms with van der Waals surface area (Å²) in [6, 6.07) is 10.9. The zero-order valence-corrected chi connectivity index (χ0v) is 13.7. The molecule has 0 aliphatic heterocycles. The van der Waals surface area contributed by atoms with E-state index in [-0.39, 0.29) is 5.69 Å². The van der Waals surface area contributed by atoms with Crippen molar-refractivity contribution in [2.45, 2.75) is 6.54 Å². The number of carbonyl (C=O) groups is 1. The standard InChI is InChI=1S/C18H13ClN4O2/c19-11-3-1-2-10(6-11)8-21-17-16-12(7-15(22-16)18(24)25)13-9-20-5-4-14(13)23-17/h1-7,9,22H,8H2,(H,21,23)(H,24,25). The number of benzene rings is 1. The molecule has 25 heavy (non-hydrogen) atoms. The van der Waals surface area contributed by atoms with Crippen LogP contribution in [0.4, 0.5) is 5.82 Å². The predicted octanol–water partition coefficient (Wildman–Crippen LogP) is 4.07. The third-order valence-electron chi connectivity index (χ3n) is 3.95. The van der Waals surface area contributed by atoms with Gasteiger partial charge in [0.15, 0.2) is 5.82 Å². The minimum atomic E-state index is -1.02. The molecule has 3 heterocycles. The largest absolute Gasteiger partial charge is 0.477 e. The molecule has 0 saturated carbocycles. The Labute approximate surface area is 147 Å². The van der Waals surface area contributed by atoms with Crippen LogP contribution in [0.5, 0.6) is 0 Å². The zero-order chi connectivity index (χ0) is 17.4. The van der Waals surface area contributed by atoms with E-state index >= 15 is 0 Å². The van der Waals surface area contributed by atoms with Crippen LogP contribution < -0.4 is 5.32 Å². The number of nitrogens with one attached hydrogen (secondary N) is 2. The van der Waals surface area contributed by atoms with Crippen LogP contribution in [0.25, 0.3) is 21.8 Å². The maximum absolute atomic E-state index is 11.3. The summed E-state index contributed by atoms with van der Waals surface area (Å²) in [4.78, 5) is 23.0. The van der Waals surface area contributed by atoms with Crippen LogP contribution in [-0.4, -0.2) is 26.0 Å². The second kappa shape index (κ2) is 6.07. The number of aromatic carboxylic acids is 1. The van der Waals surface area contributed by atoms with E-state index in [1.807, 2.05) is 24.3 Å². The van der Waals surface area contributed by atoms with Gasteiger partial charge in [-0.2, -0.15) is 0 Å². The number of aromatic nitrogens is 3. The Kier molecular flexibility index (Phi) is 3.74. The fourth-order valence-corrected chi connectivity index (χ4v) is 3.01. The Morgan fingerprint density at radius 3 is 2.92 bits per heavy atom. The van der Waals surface area contributed by atoms with Crippen molar-refractivity contribution in [2.24, 2.45) is 0 Å². The minimum Gasteiger partial charge on any atom is -0.477 e. The van der Waals surface area contributed by atoms with Crippen molar-refractivity contribution in [3.63, 3.8) is 0 Å². The first kappa shape index (κ1) is 15.4. The highest BCUT2D eigenvalue weighted by atomic mass is 35.5. The van der Waals surface area contributed by atoms with E-state index in [2.05, 4.69) is 20.3 Å². The van der Waals surface area contributed by atoms with Gasteiger partial charge in [0.05, 0.1) is 11.0 Å². The Morgan fingerprint density at radius 1 is 1.24 bits per heavy atom. The molecule has 7 heteroatoms.